The van der Waals surface area contributed by atoms with Crippen LogP contribution in [0.4, 0.5) is 0 Å². The van der Waals surface area contributed by atoms with Crippen LogP contribution in [0, 0.1) is 6.92 Å². The number of carbonyl (C=O) groups excluding carboxylic acids is 1. The normalized spacial score (nSPS) is 12.1. The number of rotatable bonds is 5. The fraction of sp³-hybridized carbons (Fsp3) is 0.278. The Kier molecular flexibility index (Phi) is 4.76. The molecule has 1 amide bonds. The third kappa shape index (κ3) is 3.10. The summed E-state index contributed by atoms with van der Waals surface area (Å²) in [5.41, 5.74) is 2.77. The Morgan fingerprint density at radius 3 is 2.79 bits per heavy atom. The van der Waals surface area contributed by atoms with Gasteiger partial charge in [-0.2, -0.15) is 5.10 Å². The molecule has 3 rings (SSSR count). The third-order valence-electron chi connectivity index (χ3n) is 3.96. The van der Waals surface area contributed by atoms with Gasteiger partial charge in [-0.3, -0.25) is 4.79 Å². The van der Waals surface area contributed by atoms with Gasteiger partial charge in [-0.05, 0) is 26.3 Å². The van der Waals surface area contributed by atoms with Crippen LogP contribution < -0.4 is 5.32 Å². The summed E-state index contributed by atoms with van der Waals surface area (Å²) in [5.74, 6) is 0.676. The summed E-state index contributed by atoms with van der Waals surface area (Å²) in [6.45, 7) is 6.70. The van der Waals surface area contributed by atoms with E-state index in [-0.39, 0.29) is 11.9 Å². The summed E-state index contributed by atoms with van der Waals surface area (Å²) < 4.78 is 1.79. The molecule has 0 aliphatic rings. The van der Waals surface area contributed by atoms with E-state index < -0.39 is 0 Å². The molecule has 0 saturated heterocycles. The summed E-state index contributed by atoms with van der Waals surface area (Å²) >= 11 is 1.59. The summed E-state index contributed by atoms with van der Waals surface area (Å²) in [4.78, 5) is 18.2. The smallest absolute Gasteiger partial charge is 0.253 e. The number of thiophene rings is 1. The summed E-state index contributed by atoms with van der Waals surface area (Å²) in [6.07, 6.45) is 1.52. The standard InChI is InChI=1S/C18H20N4OS/c1-4-22-17(19-11-20-22)12(2)21-18(23)15-10-24-13(3)16(15)14-8-6-5-7-9-14/h5-12H,4H2,1-3H3,(H,21,23). The molecule has 2 heterocycles. The van der Waals surface area contributed by atoms with E-state index in [1.807, 2.05) is 56.5 Å². The molecule has 1 N–H and O–H groups in total. The maximum Gasteiger partial charge on any atom is 0.253 e. The first kappa shape index (κ1) is 16.4. The maximum atomic E-state index is 12.8. The van der Waals surface area contributed by atoms with Crippen molar-refractivity contribution in [2.75, 3.05) is 0 Å². The molecular weight excluding hydrogens is 320 g/mol. The number of aromatic nitrogens is 3. The number of nitrogens with zero attached hydrogens (tertiary/aromatic N) is 3. The highest BCUT2D eigenvalue weighted by molar-refractivity contribution is 7.10. The van der Waals surface area contributed by atoms with E-state index in [9.17, 15) is 4.79 Å². The van der Waals surface area contributed by atoms with Crippen LogP contribution in [0.2, 0.25) is 0 Å². The molecule has 24 heavy (non-hydrogen) atoms. The summed E-state index contributed by atoms with van der Waals surface area (Å²) in [5, 5.41) is 9.12. The molecule has 2 aromatic heterocycles. The SMILES string of the molecule is CCn1ncnc1C(C)NC(=O)c1csc(C)c1-c1ccccc1. The monoisotopic (exact) mass is 340 g/mol. The minimum Gasteiger partial charge on any atom is -0.342 e. The molecule has 0 saturated carbocycles. The lowest BCUT2D eigenvalue weighted by Crippen LogP contribution is -2.29. The first-order chi connectivity index (χ1) is 11.6. The Morgan fingerprint density at radius 2 is 2.08 bits per heavy atom. The second kappa shape index (κ2) is 6.97. The zero-order valence-corrected chi connectivity index (χ0v) is 14.8. The predicted octanol–water partition coefficient (Wildman–Crippen LogP) is 3.83. The van der Waals surface area contributed by atoms with Crippen molar-refractivity contribution < 1.29 is 4.79 Å². The van der Waals surface area contributed by atoms with E-state index in [2.05, 4.69) is 15.4 Å². The number of aryl methyl sites for hydroxylation is 2. The Morgan fingerprint density at radius 1 is 1.33 bits per heavy atom. The molecule has 0 bridgehead atoms. The topological polar surface area (TPSA) is 59.8 Å². The second-order valence-corrected chi connectivity index (χ2v) is 6.66. The predicted molar refractivity (Wildman–Crippen MR) is 96.1 cm³/mol. The molecule has 5 nitrogen and oxygen atoms in total. The molecule has 1 unspecified atom stereocenters. The molecule has 1 atom stereocenters. The molecule has 0 radical (unpaired) electrons. The van der Waals surface area contributed by atoms with Gasteiger partial charge in [0.1, 0.15) is 12.2 Å². The van der Waals surface area contributed by atoms with Crippen molar-refractivity contribution in [2.45, 2.75) is 33.4 Å². The number of carbonyl (C=O) groups is 1. The number of benzene rings is 1. The van der Waals surface area contributed by atoms with Crippen molar-refractivity contribution in [1.29, 1.82) is 0 Å². The van der Waals surface area contributed by atoms with Crippen LogP contribution in [-0.4, -0.2) is 20.7 Å². The van der Waals surface area contributed by atoms with Gasteiger partial charge in [-0.1, -0.05) is 30.3 Å². The number of nitrogens with one attached hydrogen (secondary N) is 1. The average Bonchev–Trinajstić information content (AvgIpc) is 3.21. The minimum absolute atomic E-state index is 0.0867. The Labute approximate surface area is 145 Å². The van der Waals surface area contributed by atoms with Crippen LogP contribution in [0.3, 0.4) is 0 Å². The van der Waals surface area contributed by atoms with Crippen molar-refractivity contribution in [3.8, 4) is 11.1 Å². The van der Waals surface area contributed by atoms with Crippen LogP contribution in [0.15, 0.2) is 42.0 Å². The van der Waals surface area contributed by atoms with Crippen molar-refractivity contribution in [1.82, 2.24) is 20.1 Å². The molecule has 0 aliphatic carbocycles. The number of hydrogen-bond acceptors (Lipinski definition) is 4. The zero-order chi connectivity index (χ0) is 17.1. The summed E-state index contributed by atoms with van der Waals surface area (Å²) in [6, 6.07) is 9.81. The van der Waals surface area contributed by atoms with Gasteiger partial charge in [-0.15, -0.1) is 11.3 Å². The molecule has 6 heteroatoms. The Balaban J connectivity index is 1.86. The molecule has 0 spiro atoms. The van der Waals surface area contributed by atoms with Crippen LogP contribution in [0.5, 0.6) is 0 Å². The Hall–Kier alpha value is -2.47. The van der Waals surface area contributed by atoms with Crippen molar-refractivity contribution in [3.05, 3.63) is 58.3 Å². The van der Waals surface area contributed by atoms with Gasteiger partial charge in [0.05, 0.1) is 11.6 Å². The fourth-order valence-electron chi connectivity index (χ4n) is 2.78. The quantitative estimate of drug-likeness (QED) is 0.768. The largest absolute Gasteiger partial charge is 0.342 e. The maximum absolute atomic E-state index is 12.8. The molecule has 0 aliphatic heterocycles. The first-order valence-electron chi connectivity index (χ1n) is 7.93. The van der Waals surface area contributed by atoms with Gasteiger partial charge in [0.25, 0.3) is 5.91 Å². The lowest BCUT2D eigenvalue weighted by molar-refractivity contribution is 0.0938. The second-order valence-electron chi connectivity index (χ2n) is 5.58. The van der Waals surface area contributed by atoms with Gasteiger partial charge in [0.2, 0.25) is 0 Å². The first-order valence-corrected chi connectivity index (χ1v) is 8.81. The average molecular weight is 340 g/mol. The molecule has 1 aromatic carbocycles. The highest BCUT2D eigenvalue weighted by Crippen LogP contribution is 2.32. The molecule has 124 valence electrons. The fourth-order valence-corrected chi connectivity index (χ4v) is 3.64. The Bertz CT molecular complexity index is 838. The van der Waals surface area contributed by atoms with E-state index in [4.69, 9.17) is 0 Å². The van der Waals surface area contributed by atoms with Gasteiger partial charge in [0, 0.05) is 22.4 Å². The number of amides is 1. The van der Waals surface area contributed by atoms with Gasteiger partial charge in [-0.25, -0.2) is 9.67 Å². The van der Waals surface area contributed by atoms with Gasteiger partial charge < -0.3 is 5.32 Å². The minimum atomic E-state index is -0.205. The third-order valence-corrected chi connectivity index (χ3v) is 4.87. The highest BCUT2D eigenvalue weighted by atomic mass is 32.1. The van der Waals surface area contributed by atoms with E-state index in [1.165, 1.54) is 6.33 Å². The summed E-state index contributed by atoms with van der Waals surface area (Å²) in [7, 11) is 0. The number of hydrogen-bond donors (Lipinski definition) is 1. The highest BCUT2D eigenvalue weighted by Gasteiger charge is 2.21. The lowest BCUT2D eigenvalue weighted by Gasteiger charge is -2.14. The van der Waals surface area contributed by atoms with Gasteiger partial charge >= 0.3 is 0 Å². The van der Waals surface area contributed by atoms with Crippen molar-refractivity contribution in [2.24, 2.45) is 0 Å². The van der Waals surface area contributed by atoms with Crippen LogP contribution in [0.25, 0.3) is 11.1 Å². The van der Waals surface area contributed by atoms with E-state index >= 15 is 0 Å². The van der Waals surface area contributed by atoms with Gasteiger partial charge in [0.15, 0.2) is 0 Å². The van der Waals surface area contributed by atoms with E-state index in [1.54, 1.807) is 16.0 Å². The lowest BCUT2D eigenvalue weighted by atomic mass is 10.0. The molecule has 3 aromatic rings. The van der Waals surface area contributed by atoms with Crippen molar-refractivity contribution >= 4 is 17.2 Å². The van der Waals surface area contributed by atoms with Crippen molar-refractivity contribution in [3.63, 3.8) is 0 Å². The van der Waals surface area contributed by atoms with Crippen LogP contribution >= 0.6 is 11.3 Å². The van der Waals surface area contributed by atoms with E-state index in [0.29, 0.717) is 5.56 Å². The van der Waals surface area contributed by atoms with Crippen LogP contribution in [0.1, 0.15) is 40.9 Å². The van der Waals surface area contributed by atoms with Crippen LogP contribution in [-0.2, 0) is 6.54 Å². The zero-order valence-electron chi connectivity index (χ0n) is 14.0. The van der Waals surface area contributed by atoms with E-state index in [0.717, 1.165) is 28.4 Å². The molecular formula is C18H20N4OS. The molecule has 0 fully saturated rings.